The normalized spacial score (nSPS) is 15.2. The molecule has 1 rings (SSSR count). The van der Waals surface area contributed by atoms with Crippen LogP contribution >= 0.6 is 11.6 Å². The molecule has 0 aliphatic heterocycles. The van der Waals surface area contributed by atoms with Gasteiger partial charge in [-0.25, -0.2) is 4.39 Å². The highest BCUT2D eigenvalue weighted by molar-refractivity contribution is 6.31. The summed E-state index contributed by atoms with van der Waals surface area (Å²) in [5.74, 6) is 0.261. The first-order valence-electron chi connectivity index (χ1n) is 5.63. The van der Waals surface area contributed by atoms with Crippen LogP contribution in [-0.4, -0.2) is 6.04 Å². The van der Waals surface area contributed by atoms with E-state index in [1.54, 1.807) is 12.1 Å². The van der Waals surface area contributed by atoms with Crippen LogP contribution in [0, 0.1) is 11.7 Å². The molecule has 0 amide bonds. The Morgan fingerprint density at radius 3 is 2.31 bits per heavy atom. The molecule has 16 heavy (non-hydrogen) atoms. The van der Waals surface area contributed by atoms with Crippen molar-refractivity contribution in [2.24, 2.45) is 5.92 Å². The van der Waals surface area contributed by atoms with Crippen molar-refractivity contribution < 1.29 is 4.39 Å². The summed E-state index contributed by atoms with van der Waals surface area (Å²) >= 11 is 6.01. The van der Waals surface area contributed by atoms with Gasteiger partial charge in [0.2, 0.25) is 0 Å². The van der Waals surface area contributed by atoms with Crippen LogP contribution in [0.25, 0.3) is 0 Å². The topological polar surface area (TPSA) is 12.0 Å². The molecule has 0 spiro atoms. The van der Waals surface area contributed by atoms with Crippen LogP contribution in [0.3, 0.4) is 0 Å². The molecule has 0 aliphatic rings. The van der Waals surface area contributed by atoms with Gasteiger partial charge in [-0.3, -0.25) is 0 Å². The van der Waals surface area contributed by atoms with Crippen molar-refractivity contribution in [3.63, 3.8) is 0 Å². The molecular weight excluding hydrogens is 225 g/mol. The molecule has 2 atom stereocenters. The average molecular weight is 244 g/mol. The zero-order valence-electron chi connectivity index (χ0n) is 10.2. The van der Waals surface area contributed by atoms with Crippen LogP contribution in [0.5, 0.6) is 0 Å². The van der Waals surface area contributed by atoms with Crippen LogP contribution in [0.2, 0.25) is 5.02 Å². The lowest BCUT2D eigenvalue weighted by molar-refractivity contribution is 0.383. The number of hydrogen-bond donors (Lipinski definition) is 1. The molecule has 1 N–H and O–H groups in total. The Balaban J connectivity index is 2.84. The number of halogens is 2. The number of rotatable bonds is 4. The van der Waals surface area contributed by atoms with Crippen molar-refractivity contribution >= 4 is 11.6 Å². The number of benzene rings is 1. The maximum atomic E-state index is 13.6. The van der Waals surface area contributed by atoms with Crippen molar-refractivity contribution in [3.05, 3.63) is 34.6 Å². The van der Waals surface area contributed by atoms with E-state index in [0.29, 0.717) is 22.5 Å². The van der Waals surface area contributed by atoms with Crippen molar-refractivity contribution in [3.8, 4) is 0 Å². The van der Waals surface area contributed by atoms with Crippen molar-refractivity contribution in [2.75, 3.05) is 0 Å². The largest absolute Gasteiger partial charge is 0.307 e. The Bertz CT molecular complexity index is 332. The van der Waals surface area contributed by atoms with E-state index >= 15 is 0 Å². The molecule has 0 bridgehead atoms. The van der Waals surface area contributed by atoms with Crippen molar-refractivity contribution in [1.29, 1.82) is 0 Å². The summed E-state index contributed by atoms with van der Waals surface area (Å²) in [7, 11) is 0. The van der Waals surface area contributed by atoms with Gasteiger partial charge < -0.3 is 5.32 Å². The molecule has 1 aromatic carbocycles. The van der Waals surface area contributed by atoms with Crippen LogP contribution in [-0.2, 0) is 0 Å². The molecule has 0 aromatic heterocycles. The van der Waals surface area contributed by atoms with E-state index in [0.717, 1.165) is 0 Å². The predicted molar refractivity (Wildman–Crippen MR) is 67.3 cm³/mol. The van der Waals surface area contributed by atoms with Crippen LogP contribution in [0.15, 0.2) is 18.2 Å². The number of hydrogen-bond acceptors (Lipinski definition) is 1. The van der Waals surface area contributed by atoms with E-state index in [-0.39, 0.29) is 11.9 Å². The van der Waals surface area contributed by atoms with Crippen molar-refractivity contribution in [2.45, 2.75) is 39.8 Å². The predicted octanol–water partition coefficient (Wildman–Crippen LogP) is 4.17. The lowest BCUT2D eigenvalue weighted by atomic mass is 10.0. The summed E-state index contributed by atoms with van der Waals surface area (Å²) < 4.78 is 13.6. The second-order valence-electron chi connectivity index (χ2n) is 4.56. The van der Waals surface area contributed by atoms with E-state index < -0.39 is 0 Å². The fourth-order valence-electron chi connectivity index (χ4n) is 1.59. The molecule has 1 nitrogen and oxygen atoms in total. The van der Waals surface area contributed by atoms with Gasteiger partial charge in [-0.15, -0.1) is 0 Å². The molecule has 0 radical (unpaired) electrons. The summed E-state index contributed by atoms with van der Waals surface area (Å²) in [4.78, 5) is 0. The molecule has 0 saturated heterocycles. The Hall–Kier alpha value is -0.600. The first-order chi connectivity index (χ1) is 7.43. The Kier molecular flexibility index (Phi) is 4.75. The van der Waals surface area contributed by atoms with Crippen molar-refractivity contribution in [1.82, 2.24) is 5.32 Å². The summed E-state index contributed by atoms with van der Waals surface area (Å²) in [5.41, 5.74) is 0.552. The Labute approximate surface area is 102 Å². The monoisotopic (exact) mass is 243 g/mol. The zero-order chi connectivity index (χ0) is 12.3. The fourth-order valence-corrected chi connectivity index (χ4v) is 1.92. The molecule has 0 fully saturated rings. The summed E-state index contributed by atoms with van der Waals surface area (Å²) in [5, 5.41) is 3.84. The maximum absolute atomic E-state index is 13.6. The van der Waals surface area contributed by atoms with Crippen LogP contribution in [0.4, 0.5) is 4.39 Å². The smallest absolute Gasteiger partial charge is 0.129 e. The third kappa shape index (κ3) is 3.19. The molecule has 1 aromatic rings. The van der Waals surface area contributed by atoms with Crippen LogP contribution in [0.1, 0.15) is 39.3 Å². The Morgan fingerprint density at radius 1 is 1.19 bits per heavy atom. The third-order valence-electron chi connectivity index (χ3n) is 2.95. The van der Waals surface area contributed by atoms with E-state index in [4.69, 9.17) is 11.6 Å². The lowest BCUT2D eigenvalue weighted by Crippen LogP contribution is -2.33. The van der Waals surface area contributed by atoms with E-state index in [1.165, 1.54) is 6.07 Å². The lowest BCUT2D eigenvalue weighted by Gasteiger charge is -2.24. The van der Waals surface area contributed by atoms with E-state index in [1.807, 2.05) is 6.92 Å². The van der Waals surface area contributed by atoms with Gasteiger partial charge >= 0.3 is 0 Å². The molecule has 0 aliphatic carbocycles. The van der Waals surface area contributed by atoms with Gasteiger partial charge in [-0.2, -0.15) is 0 Å². The zero-order valence-corrected chi connectivity index (χ0v) is 11.0. The van der Waals surface area contributed by atoms with Gasteiger partial charge in [0.25, 0.3) is 0 Å². The highest BCUT2D eigenvalue weighted by Gasteiger charge is 2.17. The molecule has 0 saturated carbocycles. The summed E-state index contributed by atoms with van der Waals surface area (Å²) in [6, 6.07) is 5.04. The average Bonchev–Trinajstić information content (AvgIpc) is 2.16. The first kappa shape index (κ1) is 13.5. The standard InChI is InChI=1S/C13H19ClFN/c1-8(2)9(3)16-10(4)13-11(14)6-5-7-12(13)15/h5-10,16H,1-4H3. The van der Waals surface area contributed by atoms with Gasteiger partial charge in [0.1, 0.15) is 5.82 Å². The first-order valence-corrected chi connectivity index (χ1v) is 6.01. The quantitative estimate of drug-likeness (QED) is 0.837. The van der Waals surface area contributed by atoms with Gasteiger partial charge in [0, 0.05) is 22.7 Å². The number of nitrogens with one attached hydrogen (secondary N) is 1. The second-order valence-corrected chi connectivity index (χ2v) is 4.96. The molecule has 2 unspecified atom stereocenters. The van der Waals surface area contributed by atoms with E-state index in [9.17, 15) is 4.39 Å². The highest BCUT2D eigenvalue weighted by atomic mass is 35.5. The fraction of sp³-hybridized carbons (Fsp3) is 0.538. The third-order valence-corrected chi connectivity index (χ3v) is 3.28. The molecule has 3 heteroatoms. The maximum Gasteiger partial charge on any atom is 0.129 e. The van der Waals surface area contributed by atoms with Gasteiger partial charge in [-0.05, 0) is 31.9 Å². The van der Waals surface area contributed by atoms with E-state index in [2.05, 4.69) is 26.1 Å². The summed E-state index contributed by atoms with van der Waals surface area (Å²) in [6.07, 6.45) is 0. The molecule has 0 heterocycles. The second kappa shape index (κ2) is 5.65. The molecule has 90 valence electrons. The SMILES string of the molecule is CC(NC(C)C(C)C)c1c(F)cccc1Cl. The highest BCUT2D eigenvalue weighted by Crippen LogP contribution is 2.26. The van der Waals surface area contributed by atoms with Crippen LogP contribution < -0.4 is 5.32 Å². The Morgan fingerprint density at radius 2 is 1.81 bits per heavy atom. The minimum absolute atomic E-state index is 0.0777. The summed E-state index contributed by atoms with van der Waals surface area (Å²) in [6.45, 7) is 8.29. The minimum atomic E-state index is -0.247. The van der Waals surface area contributed by atoms with Gasteiger partial charge in [0.15, 0.2) is 0 Å². The molecular formula is C13H19ClFN. The van der Waals surface area contributed by atoms with Gasteiger partial charge in [0.05, 0.1) is 0 Å². The minimum Gasteiger partial charge on any atom is -0.307 e. The van der Waals surface area contributed by atoms with Gasteiger partial charge in [-0.1, -0.05) is 31.5 Å².